The van der Waals surface area contributed by atoms with Gasteiger partial charge in [0.25, 0.3) is 0 Å². The summed E-state index contributed by atoms with van der Waals surface area (Å²) in [6, 6.07) is 0.258. The molecule has 0 aromatic rings. The smallest absolute Gasteiger partial charge is 0.329 e. The Hall–Kier alpha value is -1.30. The summed E-state index contributed by atoms with van der Waals surface area (Å²) in [7, 11) is 2.04. The van der Waals surface area contributed by atoms with Crippen LogP contribution in [-0.2, 0) is 4.79 Å². The highest BCUT2D eigenvalue weighted by Gasteiger charge is 2.37. The summed E-state index contributed by atoms with van der Waals surface area (Å²) in [4.78, 5) is 27.6. The van der Waals surface area contributed by atoms with Crippen LogP contribution in [0.25, 0.3) is 0 Å². The standard InChI is InChI=1S/C14H27N3O3/c1-6-7-14(4,12(18)19)15-13(20)17-8-10(2)16(5)11(3)9-17/h10-11H,6-9H2,1-5H3,(H,15,20)(H,18,19). The van der Waals surface area contributed by atoms with Crippen molar-refractivity contribution in [1.29, 1.82) is 0 Å². The lowest BCUT2D eigenvalue weighted by atomic mass is 9.96. The Kier molecular flexibility index (Phi) is 5.39. The van der Waals surface area contributed by atoms with Gasteiger partial charge in [0, 0.05) is 25.2 Å². The zero-order valence-electron chi connectivity index (χ0n) is 13.1. The molecule has 0 radical (unpaired) electrons. The largest absolute Gasteiger partial charge is 0.480 e. The lowest BCUT2D eigenvalue weighted by Gasteiger charge is -2.43. The fourth-order valence-corrected chi connectivity index (χ4v) is 2.61. The number of carboxylic acid groups (broad SMARTS) is 1. The van der Waals surface area contributed by atoms with Gasteiger partial charge in [0.05, 0.1) is 0 Å². The molecule has 0 bridgehead atoms. The number of aliphatic carboxylic acids is 1. The van der Waals surface area contributed by atoms with Gasteiger partial charge in [-0.3, -0.25) is 4.90 Å². The molecular formula is C14H27N3O3. The van der Waals surface area contributed by atoms with Crippen molar-refractivity contribution in [2.75, 3.05) is 20.1 Å². The minimum Gasteiger partial charge on any atom is -0.480 e. The predicted molar refractivity (Wildman–Crippen MR) is 77.7 cm³/mol. The first kappa shape index (κ1) is 16.8. The average molecular weight is 285 g/mol. The summed E-state index contributed by atoms with van der Waals surface area (Å²) in [6.45, 7) is 8.85. The van der Waals surface area contributed by atoms with Gasteiger partial charge in [0.2, 0.25) is 0 Å². The number of likely N-dealkylation sites (N-methyl/N-ethyl adjacent to an activating group) is 1. The molecule has 1 aliphatic rings. The number of nitrogens with one attached hydrogen (secondary N) is 1. The van der Waals surface area contributed by atoms with Gasteiger partial charge in [0.1, 0.15) is 5.54 Å². The number of amides is 2. The van der Waals surface area contributed by atoms with Gasteiger partial charge >= 0.3 is 12.0 Å². The number of carbonyl (C=O) groups is 2. The van der Waals surface area contributed by atoms with E-state index in [4.69, 9.17) is 0 Å². The van der Waals surface area contributed by atoms with Gasteiger partial charge in [0.15, 0.2) is 0 Å². The number of carbonyl (C=O) groups excluding carboxylic acids is 1. The highest BCUT2D eigenvalue weighted by molar-refractivity contribution is 5.86. The molecule has 2 N–H and O–H groups in total. The van der Waals surface area contributed by atoms with E-state index in [1.54, 1.807) is 11.8 Å². The summed E-state index contributed by atoms with van der Waals surface area (Å²) >= 11 is 0. The first-order valence-corrected chi connectivity index (χ1v) is 7.23. The van der Waals surface area contributed by atoms with Crippen LogP contribution in [0, 0.1) is 0 Å². The van der Waals surface area contributed by atoms with Crippen LogP contribution in [0.5, 0.6) is 0 Å². The van der Waals surface area contributed by atoms with Gasteiger partial charge < -0.3 is 15.3 Å². The molecule has 1 aliphatic heterocycles. The van der Waals surface area contributed by atoms with E-state index in [-0.39, 0.29) is 18.1 Å². The number of nitrogens with zero attached hydrogens (tertiary/aromatic N) is 2. The molecule has 6 nitrogen and oxygen atoms in total. The van der Waals surface area contributed by atoms with Crippen LogP contribution in [0.1, 0.15) is 40.5 Å². The number of hydrogen-bond acceptors (Lipinski definition) is 3. The van der Waals surface area contributed by atoms with Crippen molar-refractivity contribution in [2.45, 2.75) is 58.2 Å². The Labute approximate surface area is 121 Å². The quantitative estimate of drug-likeness (QED) is 0.818. The Morgan fingerprint density at radius 3 is 2.20 bits per heavy atom. The molecule has 0 aliphatic carbocycles. The van der Waals surface area contributed by atoms with Gasteiger partial charge in [-0.05, 0) is 34.2 Å². The molecule has 0 aromatic carbocycles. The SMILES string of the molecule is CCCC(C)(NC(=O)N1CC(C)N(C)C(C)C1)C(=O)O. The Bertz CT molecular complexity index is 363. The molecule has 0 saturated carbocycles. The number of hydrogen-bond donors (Lipinski definition) is 2. The first-order valence-electron chi connectivity index (χ1n) is 7.23. The molecule has 3 atom stereocenters. The lowest BCUT2D eigenvalue weighted by Crippen LogP contribution is -2.62. The predicted octanol–water partition coefficient (Wildman–Crippen LogP) is 1.36. The second-order valence-corrected chi connectivity index (χ2v) is 6.09. The highest BCUT2D eigenvalue weighted by atomic mass is 16.4. The van der Waals surface area contributed by atoms with Gasteiger partial charge in [-0.1, -0.05) is 13.3 Å². The van der Waals surface area contributed by atoms with Crippen molar-refractivity contribution in [3.63, 3.8) is 0 Å². The molecule has 1 heterocycles. The summed E-state index contributed by atoms with van der Waals surface area (Å²) < 4.78 is 0. The maximum absolute atomic E-state index is 12.3. The van der Waals surface area contributed by atoms with Crippen LogP contribution in [0.2, 0.25) is 0 Å². The minimum atomic E-state index is -1.19. The third-order valence-electron chi connectivity index (χ3n) is 4.25. The van der Waals surface area contributed by atoms with Crippen LogP contribution >= 0.6 is 0 Å². The van der Waals surface area contributed by atoms with E-state index in [1.807, 2.05) is 14.0 Å². The molecule has 1 rings (SSSR count). The molecule has 6 heteroatoms. The van der Waals surface area contributed by atoms with Crippen LogP contribution < -0.4 is 5.32 Å². The Morgan fingerprint density at radius 2 is 1.80 bits per heavy atom. The monoisotopic (exact) mass is 285 g/mol. The van der Waals surface area contributed by atoms with E-state index in [1.165, 1.54) is 0 Å². The average Bonchev–Trinajstić information content (AvgIpc) is 2.35. The highest BCUT2D eigenvalue weighted by Crippen LogP contribution is 2.17. The number of piperazine rings is 1. The van der Waals surface area contributed by atoms with Crippen LogP contribution in [0.4, 0.5) is 4.79 Å². The molecule has 0 aromatic heterocycles. The van der Waals surface area contributed by atoms with Crippen LogP contribution in [0.15, 0.2) is 0 Å². The van der Waals surface area contributed by atoms with Gasteiger partial charge in [-0.15, -0.1) is 0 Å². The molecule has 0 spiro atoms. The summed E-state index contributed by atoms with van der Waals surface area (Å²) in [5.41, 5.74) is -1.19. The molecule has 20 heavy (non-hydrogen) atoms. The van der Waals surface area contributed by atoms with Crippen LogP contribution in [0.3, 0.4) is 0 Å². The molecule has 1 saturated heterocycles. The summed E-state index contributed by atoms with van der Waals surface area (Å²) in [5, 5.41) is 12.0. The van der Waals surface area contributed by atoms with Gasteiger partial charge in [-0.2, -0.15) is 0 Å². The number of urea groups is 1. The van der Waals surface area contributed by atoms with Crippen molar-refractivity contribution in [3.8, 4) is 0 Å². The lowest BCUT2D eigenvalue weighted by molar-refractivity contribution is -0.144. The van der Waals surface area contributed by atoms with E-state index in [0.717, 1.165) is 0 Å². The van der Waals surface area contributed by atoms with Gasteiger partial charge in [-0.25, -0.2) is 9.59 Å². The van der Waals surface area contributed by atoms with Crippen LogP contribution in [-0.4, -0.2) is 64.7 Å². The summed E-state index contributed by atoms with van der Waals surface area (Å²) in [5.74, 6) is -0.983. The zero-order chi connectivity index (χ0) is 15.5. The van der Waals surface area contributed by atoms with Crippen molar-refractivity contribution in [2.24, 2.45) is 0 Å². The molecule has 3 unspecified atom stereocenters. The van der Waals surface area contributed by atoms with E-state index < -0.39 is 11.5 Å². The maximum atomic E-state index is 12.3. The van der Waals surface area contributed by atoms with Crippen molar-refractivity contribution in [3.05, 3.63) is 0 Å². The first-order chi connectivity index (χ1) is 9.21. The van der Waals surface area contributed by atoms with Crippen molar-refractivity contribution >= 4 is 12.0 Å². The van der Waals surface area contributed by atoms with E-state index in [0.29, 0.717) is 25.9 Å². The molecule has 1 fully saturated rings. The number of carboxylic acids is 1. The minimum absolute atomic E-state index is 0.270. The second-order valence-electron chi connectivity index (χ2n) is 6.09. The number of rotatable bonds is 4. The van der Waals surface area contributed by atoms with E-state index >= 15 is 0 Å². The normalized spacial score (nSPS) is 26.9. The topological polar surface area (TPSA) is 72.9 Å². The maximum Gasteiger partial charge on any atom is 0.329 e. The van der Waals surface area contributed by atoms with Crippen molar-refractivity contribution in [1.82, 2.24) is 15.1 Å². The molecule has 116 valence electrons. The summed E-state index contributed by atoms with van der Waals surface area (Å²) in [6.07, 6.45) is 1.13. The third-order valence-corrected chi connectivity index (χ3v) is 4.25. The molecule has 2 amide bonds. The molecular weight excluding hydrogens is 258 g/mol. The second kappa shape index (κ2) is 6.43. The fourth-order valence-electron chi connectivity index (χ4n) is 2.61. The fraction of sp³-hybridized carbons (Fsp3) is 0.857. The van der Waals surface area contributed by atoms with Crippen molar-refractivity contribution < 1.29 is 14.7 Å². The zero-order valence-corrected chi connectivity index (χ0v) is 13.1. The third kappa shape index (κ3) is 3.62. The Balaban J connectivity index is 2.73. The van der Waals surface area contributed by atoms with E-state index in [2.05, 4.69) is 24.1 Å². The Morgan fingerprint density at radius 1 is 1.30 bits per heavy atom. The van der Waals surface area contributed by atoms with E-state index in [9.17, 15) is 14.7 Å².